The van der Waals surface area contributed by atoms with E-state index in [2.05, 4.69) is 13.6 Å². The molecule has 0 saturated heterocycles. The number of quaternary nitrogens is 1. The van der Waals surface area contributed by atoms with E-state index >= 15 is 0 Å². The topological polar surface area (TPSA) is 26.0 Å². The summed E-state index contributed by atoms with van der Waals surface area (Å²) in [5.41, 5.74) is 0. The highest BCUT2D eigenvalue weighted by Crippen LogP contribution is 1.89. The first-order valence-corrected chi connectivity index (χ1v) is 2.57. The van der Waals surface area contributed by atoms with Crippen LogP contribution in [0.5, 0.6) is 0 Å². The van der Waals surface area contributed by atoms with Gasteiger partial charge >= 0.3 is 6.85 Å². The van der Waals surface area contributed by atoms with Gasteiger partial charge in [-0.1, -0.05) is 0 Å². The Kier molecular flexibility index (Phi) is 1.84. The van der Waals surface area contributed by atoms with E-state index in [0.29, 0.717) is 11.4 Å². The van der Waals surface area contributed by atoms with Crippen LogP contribution in [-0.2, 0) is 0 Å². The minimum absolute atomic E-state index is 0.514. The zero-order valence-corrected chi connectivity index (χ0v) is 5.60. The maximum absolute atomic E-state index is 5.62. The lowest BCUT2D eigenvalue weighted by Crippen LogP contribution is -2.54. The van der Waals surface area contributed by atoms with Crippen molar-refractivity contribution in [2.24, 2.45) is 5.84 Å². The highest BCUT2D eigenvalue weighted by atomic mass is 15.5. The van der Waals surface area contributed by atoms with Crippen molar-refractivity contribution < 1.29 is 4.50 Å². The highest BCUT2D eigenvalue weighted by Gasteiger charge is 2.19. The molecule has 2 N–H and O–H groups in total. The van der Waals surface area contributed by atoms with Gasteiger partial charge in [-0.3, -0.25) is 0 Å². The van der Waals surface area contributed by atoms with Crippen LogP contribution in [0.15, 0.2) is 0 Å². The van der Waals surface area contributed by atoms with Crippen LogP contribution in [0.1, 0.15) is 0 Å². The number of nitrogens with zero attached hydrogens (tertiary/aromatic N) is 1. The van der Waals surface area contributed by atoms with Crippen molar-refractivity contribution in [3.63, 3.8) is 0 Å². The van der Waals surface area contributed by atoms with Crippen molar-refractivity contribution in [3.8, 4) is 0 Å². The van der Waals surface area contributed by atoms with Crippen LogP contribution in [-0.4, -0.2) is 25.4 Å². The fourth-order valence-electron chi connectivity index (χ4n) is 0. The van der Waals surface area contributed by atoms with Crippen LogP contribution < -0.4 is 5.84 Å². The maximum atomic E-state index is 5.62. The number of rotatable bonds is 1. The second-order valence-corrected chi connectivity index (χ2v) is 2.72. The zero-order chi connectivity index (χ0) is 6.08. The lowest BCUT2D eigenvalue weighted by atomic mass is 9.66. The van der Waals surface area contributed by atoms with Crippen LogP contribution >= 0.6 is 0 Å². The normalized spacial score (nSPS) is 11.6. The Bertz CT molecular complexity index is 55.2. The minimum atomic E-state index is 0.514. The average molecular weight is 101 g/mol. The van der Waals surface area contributed by atoms with Gasteiger partial charge < -0.3 is 4.50 Å². The van der Waals surface area contributed by atoms with Gasteiger partial charge in [0.15, 0.2) is 0 Å². The van der Waals surface area contributed by atoms with Crippen molar-refractivity contribution in [1.29, 1.82) is 0 Å². The van der Waals surface area contributed by atoms with Crippen molar-refractivity contribution >= 4 is 6.85 Å². The van der Waals surface area contributed by atoms with Gasteiger partial charge in [0, 0.05) is 0 Å². The van der Waals surface area contributed by atoms with E-state index in [9.17, 15) is 0 Å². The van der Waals surface area contributed by atoms with Gasteiger partial charge in [0.25, 0.3) is 0 Å². The number of nitrogens with two attached hydrogens (primary N) is 1. The third kappa shape index (κ3) is 2.65. The van der Waals surface area contributed by atoms with E-state index in [0.717, 1.165) is 0 Å². The van der Waals surface area contributed by atoms with E-state index in [-0.39, 0.29) is 0 Å². The summed E-state index contributed by atoms with van der Waals surface area (Å²) >= 11 is 0. The Morgan fingerprint density at radius 1 is 1.29 bits per heavy atom. The molecule has 0 fully saturated rings. The van der Waals surface area contributed by atoms with Crippen LogP contribution in [0.25, 0.3) is 0 Å². The van der Waals surface area contributed by atoms with Gasteiger partial charge in [0.2, 0.25) is 0 Å². The van der Waals surface area contributed by atoms with Crippen LogP contribution in [0.3, 0.4) is 0 Å². The van der Waals surface area contributed by atoms with Crippen molar-refractivity contribution in [1.82, 2.24) is 0 Å². The third-order valence-electron chi connectivity index (χ3n) is 1.33. The summed E-state index contributed by atoms with van der Waals surface area (Å²) in [7, 11) is 3.95. The highest BCUT2D eigenvalue weighted by molar-refractivity contribution is 6.47. The van der Waals surface area contributed by atoms with Gasteiger partial charge in [-0.25, -0.2) is 5.84 Å². The van der Waals surface area contributed by atoms with Gasteiger partial charge in [-0.2, -0.15) is 0 Å². The molecular weight excluding hydrogens is 86.9 g/mol. The molecule has 3 heteroatoms. The van der Waals surface area contributed by atoms with Gasteiger partial charge in [0.05, 0.1) is 14.1 Å². The largest absolute Gasteiger partial charge is 0.419 e. The van der Waals surface area contributed by atoms with Crippen molar-refractivity contribution in [3.05, 3.63) is 0 Å². The Hall–Kier alpha value is -0.0151. The van der Waals surface area contributed by atoms with E-state index in [1.165, 1.54) is 0 Å². The Balaban J connectivity index is 3.54. The first-order chi connectivity index (χ1) is 2.94. The summed E-state index contributed by atoms with van der Waals surface area (Å²) in [6.07, 6.45) is 0. The Morgan fingerprint density at radius 3 is 1.43 bits per heavy atom. The fourth-order valence-corrected chi connectivity index (χ4v) is 0. The minimum Gasteiger partial charge on any atom is -0.321 e. The van der Waals surface area contributed by atoms with Gasteiger partial charge in [-0.15, -0.1) is 0 Å². The van der Waals surface area contributed by atoms with E-state index in [4.69, 9.17) is 5.84 Å². The predicted octanol–water partition coefficient (Wildman–Crippen LogP) is 0.188. The smallest absolute Gasteiger partial charge is 0.321 e. The molecule has 0 radical (unpaired) electrons. The van der Waals surface area contributed by atoms with Crippen molar-refractivity contribution in [2.45, 2.75) is 13.6 Å². The molecule has 0 aromatic carbocycles. The molecule has 2 nitrogen and oxygen atoms in total. The van der Waals surface area contributed by atoms with E-state index in [1.807, 2.05) is 14.1 Å². The molecule has 0 bridgehead atoms. The zero-order valence-electron chi connectivity index (χ0n) is 5.60. The first kappa shape index (κ1) is 6.98. The molecule has 7 heavy (non-hydrogen) atoms. The van der Waals surface area contributed by atoms with Crippen molar-refractivity contribution in [2.75, 3.05) is 14.1 Å². The van der Waals surface area contributed by atoms with E-state index < -0.39 is 0 Å². The summed E-state index contributed by atoms with van der Waals surface area (Å²) < 4.78 is 0.556. The fraction of sp³-hybridized carbons (Fsp3) is 1.00. The molecule has 0 rings (SSSR count). The van der Waals surface area contributed by atoms with Gasteiger partial charge in [-0.05, 0) is 13.6 Å². The monoisotopic (exact) mass is 101 g/mol. The summed E-state index contributed by atoms with van der Waals surface area (Å²) in [4.78, 5) is 0. The van der Waals surface area contributed by atoms with Crippen LogP contribution in [0.2, 0.25) is 13.6 Å². The second-order valence-electron chi connectivity index (χ2n) is 2.72. The third-order valence-corrected chi connectivity index (χ3v) is 1.33. The summed E-state index contributed by atoms with van der Waals surface area (Å²) in [5, 5.41) is 0. The molecule has 0 atom stereocenters. The summed E-state index contributed by atoms with van der Waals surface area (Å²) in [6.45, 7) is 4.71. The lowest BCUT2D eigenvalue weighted by Gasteiger charge is -2.24. The number of hydrogen-bond acceptors (Lipinski definition) is 1. The molecular formula is C4H14BN2+. The molecule has 0 heterocycles. The molecule has 0 aromatic rings. The summed E-state index contributed by atoms with van der Waals surface area (Å²) in [6, 6.07) is 0. The molecule has 0 aliphatic rings. The summed E-state index contributed by atoms with van der Waals surface area (Å²) in [5.74, 6) is 5.62. The molecule has 0 saturated carbocycles. The lowest BCUT2D eigenvalue weighted by molar-refractivity contribution is -0.796. The van der Waals surface area contributed by atoms with Gasteiger partial charge in [0.1, 0.15) is 0 Å². The molecule has 42 valence electrons. The molecule has 0 unspecified atom stereocenters. The molecule has 0 aromatic heterocycles. The number of hydrogen-bond donors (Lipinski definition) is 1. The quantitative estimate of drug-likeness (QED) is 0.284. The van der Waals surface area contributed by atoms with Crippen LogP contribution in [0.4, 0.5) is 0 Å². The second kappa shape index (κ2) is 1.84. The Morgan fingerprint density at radius 2 is 1.43 bits per heavy atom. The maximum Gasteiger partial charge on any atom is 0.419 e. The molecule has 0 aliphatic carbocycles. The molecule has 0 spiro atoms. The van der Waals surface area contributed by atoms with E-state index in [1.54, 1.807) is 0 Å². The molecule has 0 amide bonds. The standard InChI is InChI=1S/C4H14BN2/c1-5(2)7(3,4)6/h6H2,1-4H3/q+1. The SMILES string of the molecule is CB(C)[N+](C)(C)N. The first-order valence-electron chi connectivity index (χ1n) is 2.57. The Labute approximate surface area is 46.0 Å². The predicted molar refractivity (Wildman–Crippen MR) is 33.8 cm³/mol. The average Bonchev–Trinajstić information content (AvgIpc) is 1.31. The molecule has 0 aliphatic heterocycles. The van der Waals surface area contributed by atoms with Crippen LogP contribution in [0, 0.1) is 0 Å².